The molecule has 0 saturated carbocycles. The van der Waals surface area contributed by atoms with E-state index in [9.17, 15) is 9.90 Å². The van der Waals surface area contributed by atoms with Gasteiger partial charge in [-0.2, -0.15) is 0 Å². The van der Waals surface area contributed by atoms with Crippen LogP contribution < -0.4 is 40.1 Å². The monoisotopic (exact) mass is 1020 g/mol. The Morgan fingerprint density at radius 1 is 0.575 bits per heavy atom. The minimum atomic E-state index is -0.139. The third-order valence-electron chi connectivity index (χ3n) is 12.5. The van der Waals surface area contributed by atoms with E-state index in [1.807, 2.05) is 42.5 Å². The number of nitrogens with zero attached hydrogens (tertiary/aromatic N) is 5. The molecule has 0 bridgehead atoms. The van der Waals surface area contributed by atoms with Gasteiger partial charge in [-0.3, -0.25) is 4.79 Å². The van der Waals surface area contributed by atoms with Gasteiger partial charge in [-0.1, -0.05) is 18.2 Å². The van der Waals surface area contributed by atoms with Gasteiger partial charge in [0, 0.05) is 96.5 Å². The molecule has 13 heteroatoms. The summed E-state index contributed by atoms with van der Waals surface area (Å²) >= 11 is 0. The van der Waals surface area contributed by atoms with Crippen molar-refractivity contribution >= 4 is 63.7 Å². The molecule has 0 fully saturated rings. The van der Waals surface area contributed by atoms with Crippen LogP contribution in [0.25, 0.3) is 0 Å². The van der Waals surface area contributed by atoms with Gasteiger partial charge in [-0.25, -0.2) is 4.99 Å². The summed E-state index contributed by atoms with van der Waals surface area (Å²) in [5, 5.41) is 12.7. The molecule has 0 saturated heterocycles. The summed E-state index contributed by atoms with van der Waals surface area (Å²) in [6.45, 7) is 30.1. The number of phenols is 1. The Bertz CT molecular complexity index is 2540. The van der Waals surface area contributed by atoms with E-state index < -0.39 is 0 Å². The van der Waals surface area contributed by atoms with E-state index in [2.05, 4.69) is 169 Å². The van der Waals surface area contributed by atoms with Crippen LogP contribution in [0.15, 0.2) is 143 Å². The number of anilines is 6. The van der Waals surface area contributed by atoms with Gasteiger partial charge in [-0.15, -0.1) is 12.4 Å². The van der Waals surface area contributed by atoms with Crippen molar-refractivity contribution in [1.82, 2.24) is 0 Å². The van der Waals surface area contributed by atoms with Gasteiger partial charge >= 0.3 is 0 Å². The number of ether oxygens (including phenoxy) is 3. The fourth-order valence-electron chi connectivity index (χ4n) is 8.90. The molecule has 12 nitrogen and oxygen atoms in total. The molecular formula is C60H84ClN7O5. The maximum atomic E-state index is 14.0. The largest absolute Gasteiger partial charge is 0.504 e. The molecule has 6 rings (SSSR count). The normalized spacial score (nSPS) is 12.6. The summed E-state index contributed by atoms with van der Waals surface area (Å²) in [6.07, 6.45) is 2.39. The number of benzene rings is 5. The summed E-state index contributed by atoms with van der Waals surface area (Å²) in [6, 6.07) is 39.8. The molecule has 0 aromatic heterocycles. The predicted molar refractivity (Wildman–Crippen MR) is 313 cm³/mol. The maximum Gasteiger partial charge on any atom is 0.226 e. The number of carbonyl (C=O) groups excluding carboxylic acids is 1. The van der Waals surface area contributed by atoms with Crippen molar-refractivity contribution in [3.8, 4) is 17.2 Å². The van der Waals surface area contributed by atoms with Gasteiger partial charge in [0.2, 0.25) is 11.5 Å². The summed E-state index contributed by atoms with van der Waals surface area (Å²) in [5.41, 5.74) is 15.7. The molecule has 5 aromatic carbocycles. The number of carbonyl (C=O) groups is 1. The number of para-hydroxylation sites is 1. The number of Topliss-reactive ketones (excluding diaryl/α,β-unsaturated/α-hetero) is 1. The number of aromatic hydroxyl groups is 1. The molecule has 396 valence electrons. The van der Waals surface area contributed by atoms with Crippen LogP contribution in [0.4, 0.5) is 39.8 Å². The number of methoxy groups -OCH3 is 3. The van der Waals surface area contributed by atoms with Crippen LogP contribution in [0, 0.1) is 0 Å². The molecular weight excluding hydrogens is 934 g/mol. The zero-order valence-electron chi connectivity index (χ0n) is 46.2. The van der Waals surface area contributed by atoms with Crippen LogP contribution in [0.2, 0.25) is 0 Å². The van der Waals surface area contributed by atoms with Crippen molar-refractivity contribution in [2.24, 2.45) is 4.99 Å². The van der Waals surface area contributed by atoms with Crippen LogP contribution >= 0.6 is 12.4 Å². The van der Waals surface area contributed by atoms with Crippen LogP contribution in [0.3, 0.4) is 0 Å². The number of nitrogen functional groups attached to an aromatic ring is 1. The van der Waals surface area contributed by atoms with Crippen molar-refractivity contribution in [1.29, 1.82) is 0 Å². The standard InChI is InChI=1S/C41H55N5O2.C11H18N2.C8H10O3.ClH/c1-11-44(28(4)5)35-20-14-31(15-21-35)26-32-27-38(42-33-16-22-36(23-17-33)45(12-2)29(6)7)39(41(48-10)40(32)47)43-34-18-24-37(25-19-34)46(13-3)30(8)9;1-4-13(9(2)3)11-7-5-10(12)6-8-11;1-10-7-5-3-4-6(9)8(7)11-2;/h14-25,27-30,43H,11-13,26H2,1-10H3;5-9H,4,12H2,1-3H3;3-5,9H,1-2H3;1H. The zero-order valence-corrected chi connectivity index (χ0v) is 47.0. The molecule has 73 heavy (non-hydrogen) atoms. The minimum Gasteiger partial charge on any atom is -0.504 e. The Labute approximate surface area is 444 Å². The first-order valence-corrected chi connectivity index (χ1v) is 25.5. The molecule has 0 heterocycles. The first-order chi connectivity index (χ1) is 34.4. The number of rotatable bonds is 20. The first-order valence-electron chi connectivity index (χ1n) is 25.5. The summed E-state index contributed by atoms with van der Waals surface area (Å²) in [7, 11) is 4.56. The van der Waals surface area contributed by atoms with Crippen LogP contribution in [0.5, 0.6) is 17.2 Å². The van der Waals surface area contributed by atoms with Crippen molar-refractivity contribution in [2.75, 3.05) is 78.2 Å². The summed E-state index contributed by atoms with van der Waals surface area (Å²) < 4.78 is 15.7. The topological polar surface area (TPSA) is 128 Å². The second-order valence-electron chi connectivity index (χ2n) is 18.6. The number of allylic oxidation sites excluding steroid dienone is 2. The van der Waals surface area contributed by atoms with Gasteiger partial charge in [0.1, 0.15) is 5.70 Å². The van der Waals surface area contributed by atoms with Crippen LogP contribution in [-0.2, 0) is 16.0 Å². The van der Waals surface area contributed by atoms with Crippen molar-refractivity contribution in [3.05, 3.63) is 144 Å². The van der Waals surface area contributed by atoms with Crippen molar-refractivity contribution < 1.29 is 24.1 Å². The Hall–Kier alpha value is -6.79. The maximum absolute atomic E-state index is 14.0. The SMILES string of the molecule is CCN(c1ccc(CC2=CC(=Nc3ccc(N(CC)C(C)C)cc3)C(Nc3ccc(N(CC)C(C)C)cc3)=C(OC)C2=O)cc1)C(C)C.CCN(c1ccc(N)cc1)C(C)C.COc1cccc(O)c1OC.Cl. The lowest BCUT2D eigenvalue weighted by Crippen LogP contribution is -2.30. The average molecular weight is 1020 g/mol. The number of nitrogens with two attached hydrogens (primary N) is 1. The number of halogens is 1. The number of nitrogens with one attached hydrogen (secondary N) is 1. The molecule has 0 amide bonds. The Morgan fingerprint density at radius 2 is 1.00 bits per heavy atom. The summed E-state index contributed by atoms with van der Waals surface area (Å²) in [5.74, 6) is 1.11. The molecule has 0 aliphatic heterocycles. The van der Waals surface area contributed by atoms with Gasteiger partial charge in [-0.05, 0) is 192 Å². The Kier molecular flexibility index (Phi) is 24.6. The molecule has 0 spiro atoms. The van der Waals surface area contributed by atoms with Gasteiger partial charge in [0.05, 0.1) is 32.7 Å². The number of hydrogen-bond acceptors (Lipinski definition) is 12. The lowest BCUT2D eigenvalue weighted by Gasteiger charge is -2.28. The Balaban J connectivity index is 0.000000456. The molecule has 0 radical (unpaired) electrons. The van der Waals surface area contributed by atoms with E-state index in [0.717, 1.165) is 60.2 Å². The smallest absolute Gasteiger partial charge is 0.226 e. The fraction of sp³-hybridized carbons (Fsp3) is 0.400. The van der Waals surface area contributed by atoms with Crippen LogP contribution in [-0.4, -0.2) is 88.3 Å². The van der Waals surface area contributed by atoms with E-state index in [1.165, 1.54) is 25.6 Å². The van der Waals surface area contributed by atoms with Gasteiger partial charge in [0.25, 0.3) is 0 Å². The van der Waals surface area contributed by atoms with E-state index >= 15 is 0 Å². The third-order valence-corrected chi connectivity index (χ3v) is 12.5. The molecule has 5 aromatic rings. The average Bonchev–Trinajstić information content (AvgIpc) is 3.36. The fourth-order valence-corrected chi connectivity index (χ4v) is 8.90. The molecule has 1 aliphatic carbocycles. The van der Waals surface area contributed by atoms with E-state index in [0.29, 0.717) is 59.1 Å². The van der Waals surface area contributed by atoms with E-state index in [-0.39, 0.29) is 29.7 Å². The highest BCUT2D eigenvalue weighted by molar-refractivity contribution is 6.25. The van der Waals surface area contributed by atoms with Gasteiger partial charge in [0.15, 0.2) is 17.3 Å². The summed E-state index contributed by atoms with van der Waals surface area (Å²) in [4.78, 5) is 28.4. The quantitative estimate of drug-likeness (QED) is 0.0509. The highest BCUT2D eigenvalue weighted by Crippen LogP contribution is 2.35. The number of hydrogen-bond donors (Lipinski definition) is 3. The number of phenolic OH excluding ortho intramolecular Hbond substituents is 1. The van der Waals surface area contributed by atoms with Crippen LogP contribution in [0.1, 0.15) is 88.6 Å². The van der Waals surface area contributed by atoms with E-state index in [4.69, 9.17) is 24.9 Å². The second-order valence-corrected chi connectivity index (χ2v) is 18.6. The predicted octanol–water partition coefficient (Wildman–Crippen LogP) is 13.5. The lowest BCUT2D eigenvalue weighted by molar-refractivity contribution is -0.115. The molecule has 0 atom stereocenters. The highest BCUT2D eigenvalue weighted by Gasteiger charge is 2.29. The lowest BCUT2D eigenvalue weighted by atomic mass is 9.92. The number of aliphatic imine (C=N–C) groups is 1. The minimum absolute atomic E-state index is 0. The highest BCUT2D eigenvalue weighted by atomic mass is 35.5. The zero-order chi connectivity index (χ0) is 53.1. The van der Waals surface area contributed by atoms with E-state index in [1.54, 1.807) is 25.3 Å². The first kappa shape index (κ1) is 60.5. The second kappa shape index (κ2) is 29.7. The third kappa shape index (κ3) is 16.6. The number of ketones is 1. The van der Waals surface area contributed by atoms with Crippen molar-refractivity contribution in [3.63, 3.8) is 0 Å². The molecule has 0 unspecified atom stereocenters. The molecule has 4 N–H and O–H groups in total. The Morgan fingerprint density at radius 3 is 1.38 bits per heavy atom. The van der Waals surface area contributed by atoms with Gasteiger partial charge < -0.3 is 50.0 Å². The van der Waals surface area contributed by atoms with Crippen molar-refractivity contribution in [2.45, 2.75) is 114 Å². The molecule has 1 aliphatic rings.